The smallest absolute Gasteiger partial charge is 0.324 e. The van der Waals surface area contributed by atoms with Crippen molar-refractivity contribution in [1.29, 1.82) is 0 Å². The molecule has 1 aromatic rings. The number of rotatable bonds is 4. The molecule has 134 valence electrons. The van der Waals surface area contributed by atoms with E-state index in [1.54, 1.807) is 0 Å². The Morgan fingerprint density at radius 3 is 2.21 bits per heavy atom. The van der Waals surface area contributed by atoms with Crippen LogP contribution in [0.5, 0.6) is 0 Å². The second-order valence-electron chi connectivity index (χ2n) is 7.51. The van der Waals surface area contributed by atoms with E-state index < -0.39 is 16.9 Å². The maximum Gasteiger partial charge on any atom is 0.324 e. The molecule has 1 aliphatic rings. The summed E-state index contributed by atoms with van der Waals surface area (Å²) < 4.78 is 5.31. The summed E-state index contributed by atoms with van der Waals surface area (Å²) in [4.78, 5) is 12.0. The topological polar surface area (TPSA) is 26.3 Å². The van der Waals surface area contributed by atoms with Gasteiger partial charge >= 0.3 is 5.97 Å². The van der Waals surface area contributed by atoms with Crippen LogP contribution in [0.4, 0.5) is 0 Å². The number of hydrogen-bond donors (Lipinski definition) is 0. The Balaban J connectivity index is 2.10. The zero-order valence-electron chi connectivity index (χ0n) is 14.5. The third-order valence-electron chi connectivity index (χ3n) is 4.23. The molecular formula is C19H25Cl3O2. The zero-order chi connectivity index (χ0) is 17.9. The first-order valence-electron chi connectivity index (χ1n) is 8.52. The minimum Gasteiger partial charge on any atom is -0.459 e. The average Bonchev–Trinajstić information content (AvgIpc) is 2.45. The molecule has 0 amide bonds. The maximum absolute atomic E-state index is 12.0. The lowest BCUT2D eigenvalue weighted by molar-refractivity contribution is -0.154. The number of carbonyl (C=O) groups is 1. The molecule has 2 nitrogen and oxygen atoms in total. The minimum atomic E-state index is -0.753. The van der Waals surface area contributed by atoms with E-state index in [4.69, 9.17) is 39.5 Å². The summed E-state index contributed by atoms with van der Waals surface area (Å²) in [6.07, 6.45) is 6.35. The lowest BCUT2D eigenvalue weighted by Crippen LogP contribution is -2.30. The van der Waals surface area contributed by atoms with Crippen LogP contribution in [0.15, 0.2) is 12.1 Å². The Morgan fingerprint density at radius 1 is 1.17 bits per heavy atom. The molecule has 0 aromatic heterocycles. The standard InChI is InChI=1S/C19H25Cl3O2/c1-19(2,3)24-18(23)16(22)11-12-9-14(20)17(15(21)10-12)13-7-5-4-6-8-13/h9-10,13,16H,4-8,11H2,1-3H3. The number of esters is 1. The molecule has 1 aromatic carbocycles. The molecule has 1 saturated carbocycles. The fourth-order valence-corrected chi connectivity index (χ4v) is 4.26. The van der Waals surface area contributed by atoms with E-state index in [1.807, 2.05) is 32.9 Å². The number of ether oxygens (including phenoxy) is 1. The first-order chi connectivity index (χ1) is 11.2. The molecule has 24 heavy (non-hydrogen) atoms. The second kappa shape index (κ2) is 8.29. The summed E-state index contributed by atoms with van der Waals surface area (Å²) in [7, 11) is 0. The number of alkyl halides is 1. The van der Waals surface area contributed by atoms with Crippen LogP contribution in [-0.4, -0.2) is 16.9 Å². The predicted molar refractivity (Wildman–Crippen MR) is 101 cm³/mol. The van der Waals surface area contributed by atoms with Crippen LogP contribution in [0.1, 0.15) is 69.9 Å². The number of halogens is 3. The zero-order valence-corrected chi connectivity index (χ0v) is 16.8. The monoisotopic (exact) mass is 390 g/mol. The normalized spacial score (nSPS) is 17.6. The van der Waals surface area contributed by atoms with Crippen LogP contribution >= 0.6 is 34.8 Å². The molecule has 0 radical (unpaired) electrons. The van der Waals surface area contributed by atoms with Crippen molar-refractivity contribution >= 4 is 40.8 Å². The van der Waals surface area contributed by atoms with Crippen molar-refractivity contribution < 1.29 is 9.53 Å². The number of carbonyl (C=O) groups excluding carboxylic acids is 1. The van der Waals surface area contributed by atoms with Crippen LogP contribution < -0.4 is 0 Å². The van der Waals surface area contributed by atoms with Crippen LogP contribution in [-0.2, 0) is 16.0 Å². The molecule has 0 heterocycles. The highest BCUT2D eigenvalue weighted by Crippen LogP contribution is 2.41. The van der Waals surface area contributed by atoms with Crippen LogP contribution in [0.2, 0.25) is 10.0 Å². The average molecular weight is 392 g/mol. The van der Waals surface area contributed by atoms with E-state index in [2.05, 4.69) is 0 Å². The van der Waals surface area contributed by atoms with Gasteiger partial charge in [0.1, 0.15) is 11.0 Å². The Labute approximate surface area is 159 Å². The second-order valence-corrected chi connectivity index (χ2v) is 8.85. The van der Waals surface area contributed by atoms with E-state index in [9.17, 15) is 4.79 Å². The van der Waals surface area contributed by atoms with E-state index in [0.717, 1.165) is 24.0 Å². The SMILES string of the molecule is CC(C)(C)OC(=O)C(Cl)Cc1cc(Cl)c(C2CCCCC2)c(Cl)c1. The molecule has 1 fully saturated rings. The van der Waals surface area contributed by atoms with Gasteiger partial charge in [-0.2, -0.15) is 0 Å². The summed E-state index contributed by atoms with van der Waals surface area (Å²) in [5.74, 6) is 0.0122. The summed E-state index contributed by atoms with van der Waals surface area (Å²) in [6.45, 7) is 5.46. The maximum atomic E-state index is 12.0. The van der Waals surface area contributed by atoms with Crippen molar-refractivity contribution in [2.24, 2.45) is 0 Å². The summed E-state index contributed by atoms with van der Waals surface area (Å²) in [5, 5.41) is 0.604. The lowest BCUT2D eigenvalue weighted by atomic mass is 9.83. The van der Waals surface area contributed by atoms with E-state index >= 15 is 0 Å². The van der Waals surface area contributed by atoms with Gasteiger partial charge < -0.3 is 4.74 Å². The molecule has 0 aliphatic heterocycles. The molecule has 1 atom stereocenters. The van der Waals surface area contributed by atoms with Crippen molar-refractivity contribution in [1.82, 2.24) is 0 Å². The van der Waals surface area contributed by atoms with Gasteiger partial charge in [0, 0.05) is 10.0 Å². The fourth-order valence-electron chi connectivity index (χ4n) is 3.19. The van der Waals surface area contributed by atoms with E-state index in [0.29, 0.717) is 22.4 Å². The van der Waals surface area contributed by atoms with Gasteiger partial charge in [-0.15, -0.1) is 11.6 Å². The summed E-state index contributed by atoms with van der Waals surface area (Å²) in [5.41, 5.74) is 1.35. The van der Waals surface area contributed by atoms with E-state index in [-0.39, 0.29) is 0 Å². The summed E-state index contributed by atoms with van der Waals surface area (Å²) in [6, 6.07) is 3.77. The minimum absolute atomic E-state index is 0.348. The molecule has 1 unspecified atom stereocenters. The molecule has 0 spiro atoms. The molecule has 0 bridgehead atoms. The third kappa shape index (κ3) is 5.54. The highest BCUT2D eigenvalue weighted by Gasteiger charge is 2.25. The van der Waals surface area contributed by atoms with Gasteiger partial charge in [0.25, 0.3) is 0 Å². The molecule has 0 saturated heterocycles. The van der Waals surface area contributed by atoms with Crippen molar-refractivity contribution in [2.45, 2.75) is 76.2 Å². The van der Waals surface area contributed by atoms with Crippen molar-refractivity contribution in [2.75, 3.05) is 0 Å². The number of benzene rings is 1. The molecule has 5 heteroatoms. The van der Waals surface area contributed by atoms with Gasteiger partial charge in [-0.3, -0.25) is 4.79 Å². The molecule has 2 rings (SSSR count). The highest BCUT2D eigenvalue weighted by molar-refractivity contribution is 6.36. The Hall–Kier alpha value is -0.440. The third-order valence-corrected chi connectivity index (χ3v) is 5.19. The fraction of sp³-hybridized carbons (Fsp3) is 0.632. The summed E-state index contributed by atoms with van der Waals surface area (Å²) >= 11 is 19.2. The quantitative estimate of drug-likeness (QED) is 0.430. The van der Waals surface area contributed by atoms with Gasteiger partial charge in [-0.05, 0) is 69.2 Å². The highest BCUT2D eigenvalue weighted by atomic mass is 35.5. The van der Waals surface area contributed by atoms with Crippen molar-refractivity contribution in [3.8, 4) is 0 Å². The number of hydrogen-bond acceptors (Lipinski definition) is 2. The van der Waals surface area contributed by atoms with Gasteiger partial charge in [-0.1, -0.05) is 42.5 Å². The largest absolute Gasteiger partial charge is 0.459 e. The predicted octanol–water partition coefficient (Wildman–Crippen LogP) is 6.53. The molecule has 1 aliphatic carbocycles. The van der Waals surface area contributed by atoms with Crippen molar-refractivity contribution in [3.63, 3.8) is 0 Å². The Bertz CT molecular complexity index is 564. The lowest BCUT2D eigenvalue weighted by Gasteiger charge is -2.25. The van der Waals surface area contributed by atoms with Crippen LogP contribution in [0, 0.1) is 0 Å². The first-order valence-corrected chi connectivity index (χ1v) is 9.71. The van der Waals surface area contributed by atoms with Crippen molar-refractivity contribution in [3.05, 3.63) is 33.3 Å². The Morgan fingerprint density at radius 2 is 1.71 bits per heavy atom. The van der Waals surface area contributed by atoms with Crippen LogP contribution in [0.25, 0.3) is 0 Å². The van der Waals surface area contributed by atoms with E-state index in [1.165, 1.54) is 19.3 Å². The molecular weight excluding hydrogens is 367 g/mol. The van der Waals surface area contributed by atoms with Gasteiger partial charge in [0.15, 0.2) is 0 Å². The van der Waals surface area contributed by atoms with Crippen LogP contribution in [0.3, 0.4) is 0 Å². The first kappa shape index (κ1) is 19.9. The van der Waals surface area contributed by atoms with Gasteiger partial charge in [0.2, 0.25) is 0 Å². The Kier molecular flexibility index (Phi) is 6.87. The molecule has 0 N–H and O–H groups in total. The van der Waals surface area contributed by atoms with Gasteiger partial charge in [0.05, 0.1) is 0 Å². The van der Waals surface area contributed by atoms with Gasteiger partial charge in [-0.25, -0.2) is 0 Å².